The maximum absolute atomic E-state index is 13.2. The summed E-state index contributed by atoms with van der Waals surface area (Å²) >= 11 is 0. The first kappa shape index (κ1) is 11.7. The minimum absolute atomic E-state index is 0.535. The summed E-state index contributed by atoms with van der Waals surface area (Å²) in [6.45, 7) is -0.571. The summed E-state index contributed by atoms with van der Waals surface area (Å²) in [6.07, 6.45) is -0.548. The molecule has 2 rings (SSSR count). The van der Waals surface area contributed by atoms with Crippen molar-refractivity contribution in [3.05, 3.63) is 34.4 Å². The van der Waals surface area contributed by atoms with Gasteiger partial charge in [-0.3, -0.25) is 4.57 Å². The number of hydrogen-bond donors (Lipinski definition) is 2. The van der Waals surface area contributed by atoms with E-state index in [1.54, 1.807) is 0 Å². The molecule has 0 aromatic carbocycles. The van der Waals surface area contributed by atoms with Crippen LogP contribution in [0.15, 0.2) is 22.9 Å². The van der Waals surface area contributed by atoms with Crippen molar-refractivity contribution < 1.29 is 18.6 Å². The maximum Gasteiger partial charge on any atom is 0.352 e. The molecule has 0 amide bonds. The molecule has 0 saturated heterocycles. The highest BCUT2D eigenvalue weighted by Gasteiger charge is 2.29. The molecule has 0 saturated carbocycles. The highest BCUT2D eigenvalue weighted by atomic mass is 19.1. The first-order chi connectivity index (χ1) is 8.02. The number of ether oxygens (including phenoxy) is 1. The van der Waals surface area contributed by atoms with Crippen molar-refractivity contribution in [1.29, 1.82) is 0 Å². The first-order valence-electron chi connectivity index (χ1n) is 4.70. The summed E-state index contributed by atoms with van der Waals surface area (Å²) in [6, 6.07) is 0. The van der Waals surface area contributed by atoms with Crippen molar-refractivity contribution in [2.75, 3.05) is 12.3 Å². The smallest absolute Gasteiger partial charge is 0.352 e. The second kappa shape index (κ2) is 4.22. The fraction of sp³-hybridized carbons (Fsp3) is 0.333. The molecule has 8 heteroatoms. The van der Waals surface area contributed by atoms with E-state index < -0.39 is 42.1 Å². The summed E-state index contributed by atoms with van der Waals surface area (Å²) in [5.74, 6) is -2.16. The summed E-state index contributed by atoms with van der Waals surface area (Å²) in [5, 5.41) is 8.77. The lowest BCUT2D eigenvalue weighted by molar-refractivity contribution is -0.0202. The molecule has 1 unspecified atom stereocenters. The molecule has 1 aliphatic rings. The van der Waals surface area contributed by atoms with Crippen molar-refractivity contribution in [3.8, 4) is 0 Å². The number of nitrogen functional groups attached to an aromatic ring is 1. The lowest BCUT2D eigenvalue weighted by atomic mass is 10.3. The zero-order valence-corrected chi connectivity index (χ0v) is 8.51. The standard InChI is InChI=1S/C9H9F2N3O3/c10-4-1-7(17-6(4)3-15)14-2-5(11)8(12)13-9(14)16/h1-2,6-7,15H,3H2,(H2,12,13,16)/t6?,7-/m1/s1. The number of aromatic nitrogens is 2. The molecule has 0 fully saturated rings. The maximum atomic E-state index is 13.2. The van der Waals surface area contributed by atoms with E-state index in [2.05, 4.69) is 4.98 Å². The molecular weight excluding hydrogens is 236 g/mol. The van der Waals surface area contributed by atoms with Gasteiger partial charge in [0.1, 0.15) is 11.9 Å². The third-order valence-corrected chi connectivity index (χ3v) is 2.29. The fourth-order valence-electron chi connectivity index (χ4n) is 1.43. The van der Waals surface area contributed by atoms with Crippen molar-refractivity contribution in [2.24, 2.45) is 0 Å². The van der Waals surface area contributed by atoms with Gasteiger partial charge in [-0.2, -0.15) is 4.98 Å². The molecule has 3 N–H and O–H groups in total. The quantitative estimate of drug-likeness (QED) is 0.747. The Morgan fingerprint density at radius 1 is 1.59 bits per heavy atom. The van der Waals surface area contributed by atoms with Crippen molar-refractivity contribution in [2.45, 2.75) is 12.3 Å². The van der Waals surface area contributed by atoms with Crippen LogP contribution in [-0.2, 0) is 4.74 Å². The Bertz CT molecular complexity index is 529. The Labute approximate surface area is 94.0 Å². The van der Waals surface area contributed by atoms with Crippen LogP contribution in [0.4, 0.5) is 14.6 Å². The minimum Gasteiger partial charge on any atom is -0.393 e. The number of anilines is 1. The molecule has 0 radical (unpaired) electrons. The zero-order chi connectivity index (χ0) is 12.6. The highest BCUT2D eigenvalue weighted by molar-refractivity contribution is 5.26. The number of rotatable bonds is 2. The van der Waals surface area contributed by atoms with Gasteiger partial charge in [0.2, 0.25) is 0 Å². The Morgan fingerprint density at radius 3 is 2.88 bits per heavy atom. The Balaban J connectivity index is 2.37. The third kappa shape index (κ3) is 2.04. The second-order valence-electron chi connectivity index (χ2n) is 3.41. The zero-order valence-electron chi connectivity index (χ0n) is 8.51. The topological polar surface area (TPSA) is 90.4 Å². The number of halogens is 2. The molecule has 17 heavy (non-hydrogen) atoms. The van der Waals surface area contributed by atoms with Crippen LogP contribution >= 0.6 is 0 Å². The number of aliphatic hydroxyl groups excluding tert-OH is 1. The van der Waals surface area contributed by atoms with E-state index in [1.165, 1.54) is 0 Å². The molecule has 2 atom stereocenters. The van der Waals surface area contributed by atoms with Gasteiger partial charge in [0, 0.05) is 0 Å². The van der Waals surface area contributed by atoms with Gasteiger partial charge in [-0.1, -0.05) is 0 Å². The van der Waals surface area contributed by atoms with Crippen LogP contribution in [0.25, 0.3) is 0 Å². The number of nitrogens with two attached hydrogens (primary N) is 1. The summed E-state index contributed by atoms with van der Waals surface area (Å²) in [7, 11) is 0. The largest absolute Gasteiger partial charge is 0.393 e. The van der Waals surface area contributed by atoms with Crippen LogP contribution in [-0.4, -0.2) is 27.4 Å². The van der Waals surface area contributed by atoms with Crippen LogP contribution in [0.2, 0.25) is 0 Å². The van der Waals surface area contributed by atoms with Crippen molar-refractivity contribution in [1.82, 2.24) is 9.55 Å². The monoisotopic (exact) mass is 245 g/mol. The van der Waals surface area contributed by atoms with Gasteiger partial charge < -0.3 is 15.6 Å². The molecule has 2 heterocycles. The summed E-state index contributed by atoms with van der Waals surface area (Å²) in [4.78, 5) is 14.6. The lowest BCUT2D eigenvalue weighted by Gasteiger charge is -2.14. The van der Waals surface area contributed by atoms with Crippen LogP contribution in [0, 0.1) is 5.82 Å². The molecular formula is C9H9F2N3O3. The highest BCUT2D eigenvalue weighted by Crippen LogP contribution is 2.26. The summed E-state index contributed by atoms with van der Waals surface area (Å²) in [5.41, 5.74) is 4.23. The van der Waals surface area contributed by atoms with E-state index in [0.29, 0.717) is 0 Å². The molecule has 92 valence electrons. The Morgan fingerprint density at radius 2 is 2.29 bits per heavy atom. The van der Waals surface area contributed by atoms with E-state index in [9.17, 15) is 13.6 Å². The van der Waals surface area contributed by atoms with Gasteiger partial charge >= 0.3 is 5.69 Å². The first-order valence-corrected chi connectivity index (χ1v) is 4.70. The Hall–Kier alpha value is -1.80. The normalized spacial score (nSPS) is 23.8. The van der Waals surface area contributed by atoms with Gasteiger partial charge in [0.25, 0.3) is 0 Å². The SMILES string of the molecule is Nc1nc(=O)n([C@H]2C=C(F)C(CO)O2)cc1F. The average Bonchev–Trinajstić information content (AvgIpc) is 2.65. The van der Waals surface area contributed by atoms with E-state index in [-0.39, 0.29) is 0 Å². The molecule has 1 aromatic heterocycles. The van der Waals surface area contributed by atoms with E-state index >= 15 is 0 Å². The molecule has 1 aromatic rings. The fourth-order valence-corrected chi connectivity index (χ4v) is 1.43. The van der Waals surface area contributed by atoms with Crippen molar-refractivity contribution in [3.63, 3.8) is 0 Å². The predicted octanol–water partition coefficient (Wildman–Crippen LogP) is -0.292. The second-order valence-corrected chi connectivity index (χ2v) is 3.41. The molecule has 0 bridgehead atoms. The Kier molecular flexibility index (Phi) is 2.90. The predicted molar refractivity (Wildman–Crippen MR) is 53.1 cm³/mol. The number of aliphatic hydroxyl groups is 1. The lowest BCUT2D eigenvalue weighted by Crippen LogP contribution is -2.29. The van der Waals surface area contributed by atoms with Crippen LogP contribution < -0.4 is 11.4 Å². The number of nitrogens with zero attached hydrogens (tertiary/aromatic N) is 2. The van der Waals surface area contributed by atoms with E-state index in [0.717, 1.165) is 16.8 Å². The third-order valence-electron chi connectivity index (χ3n) is 2.29. The molecule has 0 aliphatic carbocycles. The average molecular weight is 245 g/mol. The van der Waals surface area contributed by atoms with Crippen molar-refractivity contribution >= 4 is 5.82 Å². The van der Waals surface area contributed by atoms with Gasteiger partial charge in [-0.25, -0.2) is 13.6 Å². The van der Waals surface area contributed by atoms with Gasteiger partial charge in [-0.05, 0) is 6.08 Å². The van der Waals surface area contributed by atoms with Crippen LogP contribution in [0.1, 0.15) is 6.23 Å². The van der Waals surface area contributed by atoms with Crippen LogP contribution in [0.5, 0.6) is 0 Å². The molecule has 0 spiro atoms. The van der Waals surface area contributed by atoms with Gasteiger partial charge in [0.05, 0.1) is 12.8 Å². The van der Waals surface area contributed by atoms with E-state index in [4.69, 9.17) is 15.6 Å². The van der Waals surface area contributed by atoms with Crippen LogP contribution in [0.3, 0.4) is 0 Å². The minimum atomic E-state index is -1.15. The number of hydrogen-bond acceptors (Lipinski definition) is 5. The molecule has 1 aliphatic heterocycles. The van der Waals surface area contributed by atoms with Gasteiger partial charge in [0.15, 0.2) is 17.9 Å². The summed E-state index contributed by atoms with van der Waals surface area (Å²) < 4.78 is 32.0. The van der Waals surface area contributed by atoms with E-state index in [1.807, 2.05) is 0 Å². The molecule has 6 nitrogen and oxygen atoms in total. The van der Waals surface area contributed by atoms with Gasteiger partial charge in [-0.15, -0.1) is 0 Å².